The van der Waals surface area contributed by atoms with E-state index in [9.17, 15) is 4.79 Å². The van der Waals surface area contributed by atoms with Crippen LogP contribution < -0.4 is 5.32 Å². The lowest BCUT2D eigenvalue weighted by Crippen LogP contribution is -2.40. The van der Waals surface area contributed by atoms with Gasteiger partial charge in [0.1, 0.15) is 0 Å². The minimum Gasteiger partial charge on any atom is -0.365 e. The molecule has 130 valence electrons. The maximum Gasteiger partial charge on any atom is 0.256 e. The van der Waals surface area contributed by atoms with Crippen LogP contribution in [0.5, 0.6) is 0 Å². The number of rotatable bonds is 4. The molecule has 24 heavy (non-hydrogen) atoms. The first-order valence-electron chi connectivity index (χ1n) is 8.31. The fourth-order valence-electron chi connectivity index (χ4n) is 3.18. The van der Waals surface area contributed by atoms with Gasteiger partial charge in [-0.25, -0.2) is 0 Å². The van der Waals surface area contributed by atoms with Crippen LogP contribution in [0.3, 0.4) is 0 Å². The molecule has 1 atom stereocenters. The van der Waals surface area contributed by atoms with Gasteiger partial charge in [-0.05, 0) is 57.5 Å². The Bertz CT molecular complexity index is 635. The average Bonchev–Trinajstić information content (AvgIpc) is 2.84. The van der Waals surface area contributed by atoms with Crippen molar-refractivity contribution in [1.29, 1.82) is 0 Å². The van der Waals surface area contributed by atoms with E-state index in [4.69, 9.17) is 0 Å². The molecule has 0 spiro atoms. The van der Waals surface area contributed by atoms with Crippen molar-refractivity contribution in [1.82, 2.24) is 20.2 Å². The number of nitrogens with one attached hydrogen (secondary N) is 2. The van der Waals surface area contributed by atoms with Gasteiger partial charge in [0.05, 0.1) is 17.8 Å². The first-order chi connectivity index (χ1) is 11.3. The standard InChI is InChI=1S/C18H24N4O.ClH/c1-14-17(8-12-20-14)18(23)22(13-15-5-2-3-10-21-15)16-6-4-9-19-11-7-16;/h2-3,5,8,10,12,16,19-20H,4,6-7,9,11,13H2,1H3;1H. The maximum absolute atomic E-state index is 13.1. The van der Waals surface area contributed by atoms with Gasteiger partial charge in [0, 0.05) is 24.1 Å². The van der Waals surface area contributed by atoms with Crippen LogP contribution in [0.15, 0.2) is 36.7 Å². The second-order valence-electron chi connectivity index (χ2n) is 6.11. The SMILES string of the molecule is Cc1[nH]ccc1C(=O)N(Cc1ccccn1)C1CCCNCC1.Cl. The van der Waals surface area contributed by atoms with Gasteiger partial charge in [-0.3, -0.25) is 9.78 Å². The third kappa shape index (κ3) is 4.36. The van der Waals surface area contributed by atoms with Crippen LogP contribution in [-0.4, -0.2) is 39.9 Å². The highest BCUT2D eigenvalue weighted by molar-refractivity contribution is 5.95. The van der Waals surface area contributed by atoms with Crippen molar-refractivity contribution in [3.8, 4) is 0 Å². The largest absolute Gasteiger partial charge is 0.365 e. The Hall–Kier alpha value is -1.85. The molecule has 6 heteroatoms. The Balaban J connectivity index is 0.00000208. The van der Waals surface area contributed by atoms with Gasteiger partial charge in [0.25, 0.3) is 5.91 Å². The summed E-state index contributed by atoms with van der Waals surface area (Å²) >= 11 is 0. The first kappa shape index (κ1) is 18.5. The highest BCUT2D eigenvalue weighted by Gasteiger charge is 2.27. The summed E-state index contributed by atoms with van der Waals surface area (Å²) in [5.41, 5.74) is 2.62. The Morgan fingerprint density at radius 1 is 1.29 bits per heavy atom. The Labute approximate surface area is 149 Å². The molecule has 2 N–H and O–H groups in total. The minimum absolute atomic E-state index is 0. The van der Waals surface area contributed by atoms with Crippen LogP contribution in [0, 0.1) is 6.92 Å². The Morgan fingerprint density at radius 2 is 2.17 bits per heavy atom. The summed E-state index contributed by atoms with van der Waals surface area (Å²) in [6, 6.07) is 7.99. The second kappa shape index (κ2) is 8.85. The van der Waals surface area contributed by atoms with Crippen LogP contribution in [0.1, 0.15) is 41.0 Å². The number of amides is 1. The number of hydrogen-bond donors (Lipinski definition) is 2. The van der Waals surface area contributed by atoms with Crippen LogP contribution >= 0.6 is 12.4 Å². The predicted octanol–water partition coefficient (Wildman–Crippen LogP) is 2.92. The highest BCUT2D eigenvalue weighted by Crippen LogP contribution is 2.20. The molecule has 1 aliphatic heterocycles. The summed E-state index contributed by atoms with van der Waals surface area (Å²) < 4.78 is 0. The number of aromatic amines is 1. The Morgan fingerprint density at radius 3 is 2.88 bits per heavy atom. The van der Waals surface area contributed by atoms with Crippen LogP contribution in [0.25, 0.3) is 0 Å². The van der Waals surface area contributed by atoms with Crippen molar-refractivity contribution in [2.75, 3.05) is 13.1 Å². The summed E-state index contributed by atoms with van der Waals surface area (Å²) in [5, 5.41) is 3.42. The lowest BCUT2D eigenvalue weighted by Gasteiger charge is -2.31. The smallest absolute Gasteiger partial charge is 0.256 e. The van der Waals surface area contributed by atoms with Crippen molar-refractivity contribution >= 4 is 18.3 Å². The fraction of sp³-hybridized carbons (Fsp3) is 0.444. The zero-order chi connectivity index (χ0) is 16.1. The van der Waals surface area contributed by atoms with Gasteiger partial charge < -0.3 is 15.2 Å². The molecule has 1 saturated heterocycles. The van der Waals surface area contributed by atoms with E-state index < -0.39 is 0 Å². The third-order valence-electron chi connectivity index (χ3n) is 4.49. The molecule has 1 aliphatic rings. The number of hydrogen-bond acceptors (Lipinski definition) is 3. The molecular weight excluding hydrogens is 324 g/mol. The van der Waals surface area contributed by atoms with Gasteiger partial charge in [0.2, 0.25) is 0 Å². The average molecular weight is 349 g/mol. The monoisotopic (exact) mass is 348 g/mol. The van der Waals surface area contributed by atoms with E-state index in [1.54, 1.807) is 6.20 Å². The van der Waals surface area contributed by atoms with Gasteiger partial charge >= 0.3 is 0 Å². The number of H-pyrrole nitrogens is 1. The second-order valence-corrected chi connectivity index (χ2v) is 6.11. The van der Waals surface area contributed by atoms with E-state index in [0.717, 1.165) is 49.3 Å². The molecule has 0 radical (unpaired) electrons. The molecule has 5 nitrogen and oxygen atoms in total. The van der Waals surface area contributed by atoms with E-state index >= 15 is 0 Å². The van der Waals surface area contributed by atoms with Crippen LogP contribution in [0.2, 0.25) is 0 Å². The van der Waals surface area contributed by atoms with Crippen molar-refractivity contribution in [3.63, 3.8) is 0 Å². The van der Waals surface area contributed by atoms with E-state index in [1.165, 1.54) is 0 Å². The first-order valence-corrected chi connectivity index (χ1v) is 8.31. The van der Waals surface area contributed by atoms with Crippen molar-refractivity contribution < 1.29 is 4.79 Å². The maximum atomic E-state index is 13.1. The normalized spacial score (nSPS) is 17.6. The van der Waals surface area contributed by atoms with Crippen molar-refractivity contribution in [2.45, 2.75) is 38.8 Å². The topological polar surface area (TPSA) is 61.0 Å². The van der Waals surface area contributed by atoms with Crippen LogP contribution in [0.4, 0.5) is 0 Å². The highest BCUT2D eigenvalue weighted by atomic mass is 35.5. The summed E-state index contributed by atoms with van der Waals surface area (Å²) in [4.78, 5) is 22.6. The minimum atomic E-state index is 0. The molecule has 1 unspecified atom stereocenters. The molecule has 1 amide bonds. The number of aromatic nitrogens is 2. The Kier molecular flexibility index (Phi) is 6.82. The zero-order valence-corrected chi connectivity index (χ0v) is 14.8. The molecule has 2 aromatic rings. The van der Waals surface area contributed by atoms with Crippen molar-refractivity contribution in [2.24, 2.45) is 0 Å². The van der Waals surface area contributed by atoms with E-state index in [-0.39, 0.29) is 24.4 Å². The number of aryl methyl sites for hydroxylation is 1. The summed E-state index contributed by atoms with van der Waals surface area (Å²) in [6.45, 7) is 4.50. The lowest BCUT2D eigenvalue weighted by molar-refractivity contribution is 0.0642. The molecule has 0 bridgehead atoms. The van der Waals surface area contributed by atoms with Gasteiger partial charge in [-0.15, -0.1) is 12.4 Å². The summed E-state index contributed by atoms with van der Waals surface area (Å²) in [6.07, 6.45) is 6.74. The quantitative estimate of drug-likeness (QED) is 0.893. The lowest BCUT2D eigenvalue weighted by atomic mass is 10.1. The molecule has 0 aromatic carbocycles. The van der Waals surface area contributed by atoms with Gasteiger partial charge in [0.15, 0.2) is 0 Å². The molecule has 1 fully saturated rings. The van der Waals surface area contributed by atoms with Crippen LogP contribution in [-0.2, 0) is 6.54 Å². The number of halogens is 1. The molecule has 0 saturated carbocycles. The van der Waals surface area contributed by atoms with Gasteiger partial charge in [-0.2, -0.15) is 0 Å². The number of nitrogens with zero attached hydrogens (tertiary/aromatic N) is 2. The van der Waals surface area contributed by atoms with E-state index in [0.29, 0.717) is 6.54 Å². The number of carbonyl (C=O) groups is 1. The molecule has 3 rings (SSSR count). The summed E-state index contributed by atoms with van der Waals surface area (Å²) in [5.74, 6) is 0.0984. The number of carbonyl (C=O) groups excluding carboxylic acids is 1. The fourth-order valence-corrected chi connectivity index (χ4v) is 3.18. The third-order valence-corrected chi connectivity index (χ3v) is 4.49. The summed E-state index contributed by atoms with van der Waals surface area (Å²) in [7, 11) is 0. The molecular formula is C18H25ClN4O. The molecule has 2 aromatic heterocycles. The van der Waals surface area contributed by atoms with E-state index in [1.807, 2.05) is 42.3 Å². The molecule has 0 aliphatic carbocycles. The predicted molar refractivity (Wildman–Crippen MR) is 97.4 cm³/mol. The van der Waals surface area contributed by atoms with E-state index in [2.05, 4.69) is 15.3 Å². The number of pyridine rings is 1. The van der Waals surface area contributed by atoms with Crippen molar-refractivity contribution in [3.05, 3.63) is 53.6 Å². The van der Waals surface area contributed by atoms with Gasteiger partial charge in [-0.1, -0.05) is 6.07 Å². The molecule has 3 heterocycles. The zero-order valence-electron chi connectivity index (χ0n) is 14.0.